The molecule has 4 rings (SSSR count). The van der Waals surface area contributed by atoms with Crippen molar-refractivity contribution in [2.24, 2.45) is 0 Å². The Morgan fingerprint density at radius 2 is 1.82 bits per heavy atom. The molecule has 1 aliphatic heterocycles. The van der Waals surface area contributed by atoms with Crippen molar-refractivity contribution in [2.45, 2.75) is 32.0 Å². The number of halogens is 4. The first-order chi connectivity index (χ1) is 17.9. The quantitative estimate of drug-likeness (QED) is 0.209. The SMILES string of the molecule is CC1(C)C(=O)N(c2ccc(C#N)c(C(F)(F)F)c2)C(=S)N1CCCOc1ccc(-c2ccncc2)c(F)c1. The van der Waals surface area contributed by atoms with E-state index in [4.69, 9.17) is 22.2 Å². The molecule has 0 N–H and O–H groups in total. The van der Waals surface area contributed by atoms with Gasteiger partial charge in [0, 0.05) is 30.6 Å². The van der Waals surface area contributed by atoms with Crippen molar-refractivity contribution >= 4 is 28.9 Å². The van der Waals surface area contributed by atoms with Crippen molar-refractivity contribution in [1.82, 2.24) is 9.88 Å². The summed E-state index contributed by atoms with van der Waals surface area (Å²) in [6.45, 7) is 3.72. The first kappa shape index (κ1) is 27.0. The minimum absolute atomic E-state index is 0.0468. The number of anilines is 1. The van der Waals surface area contributed by atoms with E-state index in [0.29, 0.717) is 23.3 Å². The highest BCUT2D eigenvalue weighted by Crippen LogP contribution is 2.38. The molecule has 196 valence electrons. The van der Waals surface area contributed by atoms with Crippen LogP contribution in [-0.4, -0.2) is 39.6 Å². The van der Waals surface area contributed by atoms with Crippen molar-refractivity contribution in [2.75, 3.05) is 18.1 Å². The monoisotopic (exact) mass is 542 g/mol. The highest BCUT2D eigenvalue weighted by atomic mass is 32.1. The fourth-order valence-corrected chi connectivity index (χ4v) is 4.71. The van der Waals surface area contributed by atoms with E-state index in [1.165, 1.54) is 18.2 Å². The van der Waals surface area contributed by atoms with Crippen LogP contribution in [0, 0.1) is 17.1 Å². The van der Waals surface area contributed by atoms with Gasteiger partial charge in [0.2, 0.25) is 0 Å². The van der Waals surface area contributed by atoms with Crippen molar-refractivity contribution in [1.29, 1.82) is 5.26 Å². The molecule has 3 aromatic rings. The van der Waals surface area contributed by atoms with Gasteiger partial charge in [0.1, 0.15) is 17.1 Å². The Morgan fingerprint density at radius 1 is 1.11 bits per heavy atom. The molecule has 1 fully saturated rings. The Balaban J connectivity index is 1.43. The van der Waals surface area contributed by atoms with Gasteiger partial charge < -0.3 is 9.64 Å². The third-order valence-corrected chi connectivity index (χ3v) is 6.64. The van der Waals surface area contributed by atoms with E-state index in [0.717, 1.165) is 17.0 Å². The minimum Gasteiger partial charge on any atom is -0.493 e. The molecule has 1 saturated heterocycles. The average molecular weight is 543 g/mol. The summed E-state index contributed by atoms with van der Waals surface area (Å²) < 4.78 is 60.7. The van der Waals surface area contributed by atoms with Gasteiger partial charge in [-0.3, -0.25) is 14.7 Å². The van der Waals surface area contributed by atoms with E-state index in [9.17, 15) is 22.4 Å². The number of carbonyl (C=O) groups excluding carboxylic acids is 1. The number of hydrogen-bond donors (Lipinski definition) is 0. The van der Waals surface area contributed by atoms with Gasteiger partial charge in [-0.15, -0.1) is 0 Å². The molecule has 0 atom stereocenters. The van der Waals surface area contributed by atoms with Gasteiger partial charge >= 0.3 is 6.18 Å². The maximum Gasteiger partial charge on any atom is 0.417 e. The number of aromatic nitrogens is 1. The summed E-state index contributed by atoms with van der Waals surface area (Å²) in [5, 5.41) is 9.10. The molecule has 0 spiro atoms. The molecule has 1 aliphatic rings. The van der Waals surface area contributed by atoms with E-state index < -0.39 is 34.6 Å². The first-order valence-electron chi connectivity index (χ1n) is 11.6. The van der Waals surface area contributed by atoms with Crippen molar-refractivity contribution in [3.8, 4) is 22.9 Å². The van der Waals surface area contributed by atoms with E-state index >= 15 is 0 Å². The maximum absolute atomic E-state index is 14.6. The van der Waals surface area contributed by atoms with Crippen LogP contribution in [0.4, 0.5) is 23.2 Å². The van der Waals surface area contributed by atoms with Crippen molar-refractivity contribution in [3.63, 3.8) is 0 Å². The van der Waals surface area contributed by atoms with Crippen molar-refractivity contribution in [3.05, 3.63) is 77.9 Å². The third-order valence-electron chi connectivity index (χ3n) is 6.24. The van der Waals surface area contributed by atoms with Crippen LogP contribution in [0.3, 0.4) is 0 Å². The van der Waals surface area contributed by atoms with Gasteiger partial charge in [-0.05, 0) is 80.5 Å². The number of ether oxygens (including phenoxy) is 1. The van der Waals surface area contributed by atoms with Crippen LogP contribution in [0.2, 0.25) is 0 Å². The zero-order chi connectivity index (χ0) is 27.7. The second-order valence-electron chi connectivity index (χ2n) is 9.05. The molecule has 2 aromatic carbocycles. The summed E-state index contributed by atoms with van der Waals surface area (Å²) in [4.78, 5) is 19.8. The molecule has 2 heterocycles. The fourth-order valence-electron chi connectivity index (χ4n) is 4.21. The molecule has 1 aromatic heterocycles. The number of hydrogen-bond acceptors (Lipinski definition) is 5. The molecular formula is C27H22F4N4O2S. The normalized spacial score (nSPS) is 15.1. The number of nitriles is 1. The number of pyridine rings is 1. The standard InChI is InChI=1S/C27H22F4N4O2S/c1-26(2)24(36)35(19-5-4-18(16-32)22(14-19)27(29,30)31)25(38)34(26)12-3-13-37-20-6-7-21(23(28)15-20)17-8-10-33-11-9-17/h4-11,14-15H,3,12-13H2,1-2H3. The van der Waals surface area contributed by atoms with Gasteiger partial charge in [-0.25, -0.2) is 4.39 Å². The highest BCUT2D eigenvalue weighted by Gasteiger charge is 2.49. The molecule has 0 radical (unpaired) electrons. The van der Waals surface area contributed by atoms with Crippen LogP contribution in [0.15, 0.2) is 60.9 Å². The van der Waals surface area contributed by atoms with Crippen LogP contribution in [0.25, 0.3) is 11.1 Å². The Labute approximate surface area is 222 Å². The predicted molar refractivity (Wildman–Crippen MR) is 137 cm³/mol. The highest BCUT2D eigenvalue weighted by molar-refractivity contribution is 7.80. The van der Waals surface area contributed by atoms with E-state index in [-0.39, 0.29) is 24.0 Å². The second-order valence-corrected chi connectivity index (χ2v) is 9.42. The lowest BCUT2D eigenvalue weighted by Gasteiger charge is -2.29. The Hall–Kier alpha value is -4.04. The van der Waals surface area contributed by atoms with Gasteiger partial charge in [-0.1, -0.05) is 0 Å². The summed E-state index contributed by atoms with van der Waals surface area (Å²) in [6, 6.07) is 12.5. The zero-order valence-electron chi connectivity index (χ0n) is 20.4. The van der Waals surface area contributed by atoms with E-state index in [2.05, 4.69) is 4.98 Å². The first-order valence-corrected chi connectivity index (χ1v) is 12.0. The summed E-state index contributed by atoms with van der Waals surface area (Å²) in [6.07, 6.45) is -1.22. The lowest BCUT2D eigenvalue weighted by Crippen LogP contribution is -2.44. The van der Waals surface area contributed by atoms with Gasteiger partial charge in [0.25, 0.3) is 5.91 Å². The zero-order valence-corrected chi connectivity index (χ0v) is 21.2. The number of benzene rings is 2. The molecular weight excluding hydrogens is 520 g/mol. The molecule has 0 unspecified atom stereocenters. The number of alkyl halides is 3. The Kier molecular flexibility index (Phi) is 7.37. The molecule has 0 saturated carbocycles. The lowest BCUT2D eigenvalue weighted by atomic mass is 10.0. The van der Waals surface area contributed by atoms with Gasteiger partial charge in [-0.2, -0.15) is 18.4 Å². The molecule has 1 amide bonds. The number of rotatable bonds is 7. The molecule has 38 heavy (non-hydrogen) atoms. The Bertz CT molecular complexity index is 1420. The summed E-state index contributed by atoms with van der Waals surface area (Å²) in [7, 11) is 0. The smallest absolute Gasteiger partial charge is 0.417 e. The average Bonchev–Trinajstić information content (AvgIpc) is 3.05. The second kappa shape index (κ2) is 10.4. The fraction of sp³-hybridized carbons (Fsp3) is 0.259. The van der Waals surface area contributed by atoms with Crippen LogP contribution >= 0.6 is 12.2 Å². The largest absolute Gasteiger partial charge is 0.493 e. The molecule has 11 heteroatoms. The van der Waals surface area contributed by atoms with Gasteiger partial charge in [0.05, 0.1) is 29.5 Å². The third kappa shape index (κ3) is 5.17. The summed E-state index contributed by atoms with van der Waals surface area (Å²) >= 11 is 5.48. The van der Waals surface area contributed by atoms with E-state index in [1.54, 1.807) is 55.4 Å². The topological polar surface area (TPSA) is 69.5 Å². The summed E-state index contributed by atoms with van der Waals surface area (Å²) in [5.41, 5.74) is -1.77. The number of thiocarbonyl (C=S) groups is 1. The van der Waals surface area contributed by atoms with E-state index in [1.807, 2.05) is 0 Å². The van der Waals surface area contributed by atoms with Crippen molar-refractivity contribution < 1.29 is 27.1 Å². The molecule has 6 nitrogen and oxygen atoms in total. The summed E-state index contributed by atoms with van der Waals surface area (Å²) in [5.74, 6) is -0.606. The number of nitrogens with zero attached hydrogens (tertiary/aromatic N) is 4. The maximum atomic E-state index is 14.6. The van der Waals surface area contributed by atoms with Gasteiger partial charge in [0.15, 0.2) is 5.11 Å². The van der Waals surface area contributed by atoms with Crippen LogP contribution < -0.4 is 9.64 Å². The lowest BCUT2D eigenvalue weighted by molar-refractivity contribution is -0.137. The molecule has 0 aliphatic carbocycles. The number of amides is 1. The minimum atomic E-state index is -4.77. The number of carbonyl (C=O) groups is 1. The van der Waals surface area contributed by atoms with Crippen LogP contribution in [-0.2, 0) is 11.0 Å². The van der Waals surface area contributed by atoms with Crippen LogP contribution in [0.1, 0.15) is 31.4 Å². The van der Waals surface area contributed by atoms with Crippen LogP contribution in [0.5, 0.6) is 5.75 Å². The predicted octanol–water partition coefficient (Wildman–Crippen LogP) is 5.96. The Morgan fingerprint density at radius 3 is 2.45 bits per heavy atom. The molecule has 0 bridgehead atoms.